The van der Waals surface area contributed by atoms with E-state index < -0.39 is 17.4 Å². The Morgan fingerprint density at radius 3 is 1.78 bits per heavy atom. The molecule has 0 rings (SSSR count). The molecular formula is C2H2K2NO4+. The minimum atomic E-state index is -1.66. The molecule has 0 saturated heterocycles. The van der Waals surface area contributed by atoms with Gasteiger partial charge in [-0.3, -0.25) is 10.1 Å². The zero-order valence-corrected chi connectivity index (χ0v) is 11.5. The van der Waals surface area contributed by atoms with Crippen molar-refractivity contribution in [2.45, 2.75) is 0 Å². The minimum Gasteiger partial charge on any atom is -0.543 e. The first kappa shape index (κ1) is 17.3. The maximum absolute atomic E-state index is 9.26. The second-order valence-corrected chi connectivity index (χ2v) is 0.863. The fourth-order valence-electron chi connectivity index (χ4n) is 0.105. The number of carbonyl (C=O) groups is 1. The van der Waals surface area contributed by atoms with E-state index in [0.29, 0.717) is 0 Å². The maximum Gasteiger partial charge on any atom is 1.00 e. The Hall–Kier alpha value is 2.14. The number of hydrogen-bond donors (Lipinski definition) is 0. The Labute approximate surface area is 137 Å². The van der Waals surface area contributed by atoms with Gasteiger partial charge in [-0.25, -0.2) is 0 Å². The predicted octanol–water partition coefficient (Wildman–Crippen LogP) is -7.98. The van der Waals surface area contributed by atoms with Gasteiger partial charge in [-0.2, -0.15) is 0 Å². The van der Waals surface area contributed by atoms with E-state index >= 15 is 0 Å². The van der Waals surface area contributed by atoms with Gasteiger partial charge in [-0.1, -0.05) is 0 Å². The fraction of sp³-hybridized carbons (Fsp3) is 0.500. The summed E-state index contributed by atoms with van der Waals surface area (Å²) in [4.78, 5) is 17.5. The summed E-state index contributed by atoms with van der Waals surface area (Å²) in [6.45, 7) is -1.11. The smallest absolute Gasteiger partial charge is 0.543 e. The first-order valence-corrected chi connectivity index (χ1v) is 1.44. The van der Waals surface area contributed by atoms with Crippen LogP contribution in [0.3, 0.4) is 0 Å². The van der Waals surface area contributed by atoms with Gasteiger partial charge in [0.1, 0.15) is 5.97 Å². The molecule has 0 fully saturated rings. The number of nitrogens with zero attached hydrogens (tertiary/aromatic N) is 1. The van der Waals surface area contributed by atoms with E-state index in [0.717, 1.165) is 0 Å². The molecule has 0 aliphatic carbocycles. The summed E-state index contributed by atoms with van der Waals surface area (Å²) < 4.78 is 0. The summed E-state index contributed by atoms with van der Waals surface area (Å²) in [6, 6.07) is 0. The molecule has 9 heavy (non-hydrogen) atoms. The quantitative estimate of drug-likeness (QED) is 0.241. The number of carbonyl (C=O) groups excluding carboxylic acids is 1. The number of carboxylic acid groups (broad SMARTS) is 1. The topological polar surface area (TPSA) is 83.3 Å². The minimum absolute atomic E-state index is 0. The SMILES string of the molecule is O=C([O-])C[N+](=O)[O-].[K+].[K+]. The van der Waals surface area contributed by atoms with Crippen LogP contribution >= 0.6 is 0 Å². The van der Waals surface area contributed by atoms with Crippen LogP contribution in [0.5, 0.6) is 0 Å². The normalized spacial score (nSPS) is 6.22. The third-order valence-corrected chi connectivity index (χ3v) is 0.258. The molecule has 5 nitrogen and oxygen atoms in total. The Bertz CT molecular complexity index is 92.7. The van der Waals surface area contributed by atoms with Crippen LogP contribution < -0.4 is 108 Å². The van der Waals surface area contributed by atoms with Crippen LogP contribution in [0, 0.1) is 10.1 Å². The monoisotopic (exact) mass is 182 g/mol. The first-order valence-electron chi connectivity index (χ1n) is 1.44. The number of carboxylic acids is 1. The van der Waals surface area contributed by atoms with Gasteiger partial charge in [0.05, 0.1) is 0 Å². The molecule has 0 heterocycles. The average molecular weight is 182 g/mol. The molecule has 0 bridgehead atoms. The van der Waals surface area contributed by atoms with Crippen molar-refractivity contribution in [2.75, 3.05) is 6.54 Å². The van der Waals surface area contributed by atoms with Crippen LogP contribution in [0.1, 0.15) is 0 Å². The molecule has 0 amide bonds. The van der Waals surface area contributed by atoms with Crippen LogP contribution in [-0.2, 0) is 4.79 Å². The zero-order valence-electron chi connectivity index (χ0n) is 5.29. The molecule has 0 spiro atoms. The predicted molar refractivity (Wildman–Crippen MR) is 16.9 cm³/mol. The van der Waals surface area contributed by atoms with E-state index in [-0.39, 0.29) is 103 Å². The maximum atomic E-state index is 9.26. The van der Waals surface area contributed by atoms with Gasteiger partial charge >= 0.3 is 103 Å². The third kappa shape index (κ3) is 17.8. The van der Waals surface area contributed by atoms with Crippen molar-refractivity contribution in [1.82, 2.24) is 0 Å². The van der Waals surface area contributed by atoms with E-state index in [4.69, 9.17) is 0 Å². The first-order chi connectivity index (χ1) is 3.13. The summed E-state index contributed by atoms with van der Waals surface area (Å²) in [5.74, 6) is -1.66. The van der Waals surface area contributed by atoms with Crippen molar-refractivity contribution in [1.29, 1.82) is 0 Å². The fourth-order valence-corrected chi connectivity index (χ4v) is 0.105. The van der Waals surface area contributed by atoms with Gasteiger partial charge in [0.2, 0.25) is 6.54 Å². The van der Waals surface area contributed by atoms with E-state index in [1.54, 1.807) is 0 Å². The van der Waals surface area contributed by atoms with Gasteiger partial charge in [-0.05, 0) is 0 Å². The van der Waals surface area contributed by atoms with Crippen molar-refractivity contribution >= 4 is 5.97 Å². The standard InChI is InChI=1S/C2H3NO4.2K/c4-2(5)1-3(6)7;;/h1H2,(H,4,5);;/q;2*+1/p-1. The van der Waals surface area contributed by atoms with Crippen LogP contribution in [-0.4, -0.2) is 17.4 Å². The molecule has 0 aliphatic rings. The van der Waals surface area contributed by atoms with Crippen molar-refractivity contribution in [3.8, 4) is 0 Å². The molecule has 0 aliphatic heterocycles. The molecule has 0 N–H and O–H groups in total. The number of rotatable bonds is 2. The van der Waals surface area contributed by atoms with E-state index in [9.17, 15) is 20.0 Å². The summed E-state index contributed by atoms with van der Waals surface area (Å²) in [5, 5.41) is 18.5. The van der Waals surface area contributed by atoms with Gasteiger partial charge < -0.3 is 9.90 Å². The Balaban J connectivity index is -0.000000180. The van der Waals surface area contributed by atoms with Crippen LogP contribution in [0.15, 0.2) is 0 Å². The van der Waals surface area contributed by atoms with Crippen molar-refractivity contribution in [2.24, 2.45) is 0 Å². The molecular weight excluding hydrogens is 180 g/mol. The molecule has 0 saturated carbocycles. The van der Waals surface area contributed by atoms with Crippen LogP contribution in [0.2, 0.25) is 0 Å². The Kier molecular flexibility index (Phi) is 19.5. The van der Waals surface area contributed by atoms with E-state index in [1.165, 1.54) is 0 Å². The molecule has 7 heteroatoms. The largest absolute Gasteiger partial charge is 1.00 e. The third-order valence-electron chi connectivity index (χ3n) is 0.258. The summed E-state index contributed by atoms with van der Waals surface area (Å²) in [7, 11) is 0. The Morgan fingerprint density at radius 1 is 1.44 bits per heavy atom. The number of aliphatic carboxylic acids is 1. The molecule has 40 valence electrons. The zero-order chi connectivity index (χ0) is 5.86. The second-order valence-electron chi connectivity index (χ2n) is 0.863. The molecule has 0 aromatic heterocycles. The second kappa shape index (κ2) is 10.1. The van der Waals surface area contributed by atoms with Crippen molar-refractivity contribution in [3.63, 3.8) is 0 Å². The molecule has 0 radical (unpaired) electrons. The van der Waals surface area contributed by atoms with Gasteiger partial charge in [0, 0.05) is 4.92 Å². The molecule has 0 aromatic carbocycles. The van der Waals surface area contributed by atoms with Gasteiger partial charge in [0.15, 0.2) is 0 Å². The van der Waals surface area contributed by atoms with Crippen molar-refractivity contribution in [3.05, 3.63) is 10.1 Å². The van der Waals surface area contributed by atoms with E-state index in [1.807, 2.05) is 0 Å². The summed E-state index contributed by atoms with van der Waals surface area (Å²) >= 11 is 0. The van der Waals surface area contributed by atoms with Crippen LogP contribution in [0.25, 0.3) is 0 Å². The molecule has 0 atom stereocenters. The molecule has 0 unspecified atom stereocenters. The van der Waals surface area contributed by atoms with Crippen molar-refractivity contribution < 1.29 is 118 Å². The average Bonchev–Trinajstić information content (AvgIpc) is 1.27. The summed E-state index contributed by atoms with van der Waals surface area (Å²) in [5.41, 5.74) is 0. The Morgan fingerprint density at radius 2 is 1.78 bits per heavy atom. The molecule has 0 aromatic rings. The van der Waals surface area contributed by atoms with Gasteiger partial charge in [-0.15, -0.1) is 0 Å². The van der Waals surface area contributed by atoms with E-state index in [2.05, 4.69) is 0 Å². The number of hydrogen-bond acceptors (Lipinski definition) is 4. The summed E-state index contributed by atoms with van der Waals surface area (Å²) in [6.07, 6.45) is 0. The number of nitro groups is 1. The van der Waals surface area contributed by atoms with Crippen LogP contribution in [0.4, 0.5) is 0 Å². The van der Waals surface area contributed by atoms with Gasteiger partial charge in [0.25, 0.3) is 0 Å².